The SMILES string of the molecule is Cc1ccc(CCC(=O)N2CCCN(C(=O)C(C)Oc3ccc(C(C)C)cc3)CC2)cc1. The van der Waals surface area contributed by atoms with Gasteiger partial charge in [-0.25, -0.2) is 0 Å². The lowest BCUT2D eigenvalue weighted by Crippen LogP contribution is -2.43. The smallest absolute Gasteiger partial charge is 0.263 e. The van der Waals surface area contributed by atoms with E-state index in [1.165, 1.54) is 16.7 Å². The van der Waals surface area contributed by atoms with Crippen molar-refractivity contribution in [1.29, 1.82) is 0 Å². The van der Waals surface area contributed by atoms with Crippen LogP contribution in [0.2, 0.25) is 0 Å². The number of hydrogen-bond acceptors (Lipinski definition) is 3. The maximum Gasteiger partial charge on any atom is 0.263 e. The summed E-state index contributed by atoms with van der Waals surface area (Å²) < 4.78 is 5.90. The van der Waals surface area contributed by atoms with Gasteiger partial charge < -0.3 is 14.5 Å². The minimum Gasteiger partial charge on any atom is -0.481 e. The van der Waals surface area contributed by atoms with Crippen LogP contribution >= 0.6 is 0 Å². The van der Waals surface area contributed by atoms with Gasteiger partial charge in [0.25, 0.3) is 5.91 Å². The maximum atomic E-state index is 12.9. The molecule has 0 bridgehead atoms. The molecule has 1 unspecified atom stereocenters. The van der Waals surface area contributed by atoms with Crippen molar-refractivity contribution >= 4 is 11.8 Å². The van der Waals surface area contributed by atoms with E-state index in [9.17, 15) is 9.59 Å². The van der Waals surface area contributed by atoms with Crippen LogP contribution in [0.15, 0.2) is 48.5 Å². The van der Waals surface area contributed by atoms with Gasteiger partial charge in [-0.05, 0) is 55.9 Å². The lowest BCUT2D eigenvalue weighted by atomic mass is 10.0. The average molecular weight is 437 g/mol. The van der Waals surface area contributed by atoms with Crippen LogP contribution in [0.1, 0.15) is 56.2 Å². The Kier molecular flexibility index (Phi) is 8.32. The number of nitrogens with zero attached hydrogens (tertiary/aromatic N) is 2. The highest BCUT2D eigenvalue weighted by molar-refractivity contribution is 5.81. The zero-order valence-corrected chi connectivity index (χ0v) is 19.8. The number of hydrogen-bond donors (Lipinski definition) is 0. The van der Waals surface area contributed by atoms with E-state index in [-0.39, 0.29) is 11.8 Å². The quantitative estimate of drug-likeness (QED) is 0.638. The second-order valence-electron chi connectivity index (χ2n) is 9.03. The molecule has 3 rings (SSSR count). The molecule has 0 spiro atoms. The Bertz CT molecular complexity index is 890. The fourth-order valence-corrected chi connectivity index (χ4v) is 3.99. The number of amides is 2. The number of aryl methyl sites for hydroxylation is 2. The Morgan fingerprint density at radius 3 is 2.16 bits per heavy atom. The monoisotopic (exact) mass is 436 g/mol. The summed E-state index contributed by atoms with van der Waals surface area (Å²) in [5.41, 5.74) is 3.65. The molecule has 1 atom stereocenters. The van der Waals surface area contributed by atoms with Crippen LogP contribution in [0.5, 0.6) is 5.75 Å². The van der Waals surface area contributed by atoms with Gasteiger partial charge >= 0.3 is 0 Å². The fourth-order valence-electron chi connectivity index (χ4n) is 3.99. The third-order valence-electron chi connectivity index (χ3n) is 6.12. The van der Waals surface area contributed by atoms with Gasteiger partial charge in [0.1, 0.15) is 5.75 Å². The highest BCUT2D eigenvalue weighted by Gasteiger charge is 2.26. The van der Waals surface area contributed by atoms with E-state index >= 15 is 0 Å². The zero-order chi connectivity index (χ0) is 23.1. The average Bonchev–Trinajstić information content (AvgIpc) is 3.04. The highest BCUT2D eigenvalue weighted by Crippen LogP contribution is 2.20. The Balaban J connectivity index is 1.48. The molecule has 5 heteroatoms. The number of benzene rings is 2. The van der Waals surface area contributed by atoms with Crippen molar-refractivity contribution in [2.45, 2.75) is 59.0 Å². The first-order valence-corrected chi connectivity index (χ1v) is 11.7. The van der Waals surface area contributed by atoms with Crippen LogP contribution in [0.4, 0.5) is 0 Å². The van der Waals surface area contributed by atoms with Crippen molar-refractivity contribution in [2.75, 3.05) is 26.2 Å². The lowest BCUT2D eigenvalue weighted by Gasteiger charge is -2.25. The van der Waals surface area contributed by atoms with Crippen molar-refractivity contribution in [3.05, 3.63) is 65.2 Å². The van der Waals surface area contributed by atoms with Crippen LogP contribution in [0.3, 0.4) is 0 Å². The van der Waals surface area contributed by atoms with E-state index in [4.69, 9.17) is 4.74 Å². The third-order valence-corrected chi connectivity index (χ3v) is 6.12. The molecule has 0 saturated carbocycles. The molecule has 5 nitrogen and oxygen atoms in total. The summed E-state index contributed by atoms with van der Waals surface area (Å²) in [6, 6.07) is 16.3. The molecule has 32 heavy (non-hydrogen) atoms. The minimum absolute atomic E-state index is 0.0214. The van der Waals surface area contributed by atoms with Crippen LogP contribution in [-0.2, 0) is 16.0 Å². The second kappa shape index (κ2) is 11.2. The topological polar surface area (TPSA) is 49.9 Å². The normalized spacial score (nSPS) is 15.4. The van der Waals surface area contributed by atoms with Crippen LogP contribution in [0.25, 0.3) is 0 Å². The van der Waals surface area contributed by atoms with Crippen molar-refractivity contribution in [1.82, 2.24) is 9.80 Å². The van der Waals surface area contributed by atoms with Gasteiger partial charge in [0.15, 0.2) is 6.10 Å². The summed E-state index contributed by atoms with van der Waals surface area (Å²) in [4.78, 5) is 29.4. The Labute approximate surface area is 192 Å². The first-order valence-electron chi connectivity index (χ1n) is 11.7. The van der Waals surface area contributed by atoms with E-state index < -0.39 is 6.10 Å². The molecule has 172 valence electrons. The molecule has 0 aliphatic carbocycles. The molecule has 2 aromatic carbocycles. The van der Waals surface area contributed by atoms with Crippen molar-refractivity contribution in [3.8, 4) is 5.75 Å². The summed E-state index contributed by atoms with van der Waals surface area (Å²) in [5.74, 6) is 1.31. The first-order chi connectivity index (χ1) is 15.3. The zero-order valence-electron chi connectivity index (χ0n) is 19.8. The molecule has 1 aliphatic heterocycles. The molecule has 1 heterocycles. The maximum absolute atomic E-state index is 12.9. The van der Waals surface area contributed by atoms with Gasteiger partial charge in [-0.15, -0.1) is 0 Å². The van der Waals surface area contributed by atoms with Gasteiger partial charge in [-0.3, -0.25) is 9.59 Å². The molecular weight excluding hydrogens is 400 g/mol. The summed E-state index contributed by atoms with van der Waals surface area (Å²) in [5, 5.41) is 0. The van der Waals surface area contributed by atoms with E-state index in [2.05, 4.69) is 45.0 Å². The van der Waals surface area contributed by atoms with Crippen LogP contribution in [0, 0.1) is 6.92 Å². The fraction of sp³-hybridized carbons (Fsp3) is 0.481. The Morgan fingerprint density at radius 1 is 0.875 bits per heavy atom. The predicted molar refractivity (Wildman–Crippen MR) is 128 cm³/mol. The van der Waals surface area contributed by atoms with E-state index in [1.54, 1.807) is 6.92 Å². The number of rotatable bonds is 7. The Hall–Kier alpha value is -2.82. The van der Waals surface area contributed by atoms with Crippen molar-refractivity contribution < 1.29 is 14.3 Å². The molecule has 2 amide bonds. The molecule has 1 aliphatic rings. The van der Waals surface area contributed by atoms with Crippen molar-refractivity contribution in [3.63, 3.8) is 0 Å². The van der Waals surface area contributed by atoms with Gasteiger partial charge in [-0.1, -0.05) is 55.8 Å². The van der Waals surface area contributed by atoms with Gasteiger partial charge in [-0.2, -0.15) is 0 Å². The van der Waals surface area contributed by atoms with Crippen LogP contribution < -0.4 is 4.74 Å². The standard InChI is InChI=1S/C27H36N2O3/c1-20(2)24-11-13-25(14-12-24)32-22(4)27(31)29-17-5-16-28(18-19-29)26(30)15-10-23-8-6-21(3)7-9-23/h6-9,11-14,20,22H,5,10,15-19H2,1-4H3. The summed E-state index contributed by atoms with van der Waals surface area (Å²) in [6.45, 7) is 10.6. The molecule has 1 saturated heterocycles. The Morgan fingerprint density at radius 2 is 1.50 bits per heavy atom. The van der Waals surface area contributed by atoms with Gasteiger partial charge in [0.05, 0.1) is 0 Å². The van der Waals surface area contributed by atoms with E-state index in [0.717, 1.165) is 12.8 Å². The molecule has 2 aromatic rings. The lowest BCUT2D eigenvalue weighted by molar-refractivity contribution is -0.138. The third kappa shape index (κ3) is 6.59. The van der Waals surface area contributed by atoms with Crippen molar-refractivity contribution in [2.24, 2.45) is 0 Å². The van der Waals surface area contributed by atoms with Crippen LogP contribution in [-0.4, -0.2) is 53.9 Å². The molecule has 0 radical (unpaired) electrons. The first kappa shape index (κ1) is 23.8. The molecule has 1 fully saturated rings. The van der Waals surface area contributed by atoms with Gasteiger partial charge in [0.2, 0.25) is 5.91 Å². The number of carbonyl (C=O) groups excluding carboxylic acids is 2. The second-order valence-corrected chi connectivity index (χ2v) is 9.03. The minimum atomic E-state index is -0.552. The number of carbonyl (C=O) groups is 2. The molecule has 0 N–H and O–H groups in total. The summed E-state index contributed by atoms with van der Waals surface area (Å²) in [7, 11) is 0. The number of ether oxygens (including phenoxy) is 1. The summed E-state index contributed by atoms with van der Waals surface area (Å²) in [6.07, 6.45) is 1.49. The van der Waals surface area contributed by atoms with E-state index in [0.29, 0.717) is 44.3 Å². The molecule has 0 aromatic heterocycles. The molecular formula is C27H36N2O3. The largest absolute Gasteiger partial charge is 0.481 e. The van der Waals surface area contributed by atoms with E-state index in [1.807, 2.05) is 34.1 Å². The predicted octanol–water partition coefficient (Wildman–Crippen LogP) is 4.58. The summed E-state index contributed by atoms with van der Waals surface area (Å²) >= 11 is 0. The highest BCUT2D eigenvalue weighted by atomic mass is 16.5. The van der Waals surface area contributed by atoms with Gasteiger partial charge in [0, 0.05) is 32.6 Å².